The first-order chi connectivity index (χ1) is 11.3. The van der Waals surface area contributed by atoms with Gasteiger partial charge in [0.25, 0.3) is 0 Å². The molecule has 1 fully saturated rings. The molecule has 4 N–H and O–H groups in total. The summed E-state index contributed by atoms with van der Waals surface area (Å²) in [7, 11) is 0. The highest BCUT2D eigenvalue weighted by Gasteiger charge is 2.34. The van der Waals surface area contributed by atoms with E-state index in [-0.39, 0.29) is 5.95 Å². The minimum absolute atomic E-state index is 0.108. The molecule has 2 aromatic rings. The Bertz CT molecular complexity index is 710. The van der Waals surface area contributed by atoms with E-state index in [0.717, 1.165) is 0 Å². The Hall–Kier alpha value is -2.85. The van der Waals surface area contributed by atoms with Gasteiger partial charge in [0.2, 0.25) is 11.8 Å². The van der Waals surface area contributed by atoms with Crippen molar-refractivity contribution in [1.82, 2.24) is 19.9 Å². The second-order valence-corrected chi connectivity index (χ2v) is 5.24. The van der Waals surface area contributed by atoms with E-state index in [1.807, 2.05) is 9.80 Å². The molecule has 3 rings (SSSR count). The predicted octanol–water partition coefficient (Wildman–Crippen LogP) is 0.776. The molecule has 0 aliphatic carbocycles. The van der Waals surface area contributed by atoms with Crippen molar-refractivity contribution in [2.24, 2.45) is 0 Å². The van der Waals surface area contributed by atoms with Crippen LogP contribution in [0.1, 0.15) is 5.82 Å². The Morgan fingerprint density at radius 3 is 2.00 bits per heavy atom. The van der Waals surface area contributed by atoms with Gasteiger partial charge in [0.05, 0.1) is 30.0 Å². The quantitative estimate of drug-likeness (QED) is 0.825. The lowest BCUT2D eigenvalue weighted by atomic mass is 10.2. The van der Waals surface area contributed by atoms with Crippen LogP contribution in [0.2, 0.25) is 0 Å². The van der Waals surface area contributed by atoms with Gasteiger partial charge in [-0.15, -0.1) is 0 Å². The van der Waals surface area contributed by atoms with Crippen molar-refractivity contribution < 1.29 is 13.2 Å². The maximum absolute atomic E-state index is 12.5. The summed E-state index contributed by atoms with van der Waals surface area (Å²) in [6.07, 6.45) is -0.600. The molecule has 0 radical (unpaired) electrons. The monoisotopic (exact) mass is 340 g/mol. The topological polar surface area (TPSA) is 110 Å². The van der Waals surface area contributed by atoms with Crippen LogP contribution in [0, 0.1) is 0 Å². The van der Waals surface area contributed by atoms with E-state index in [1.54, 1.807) is 6.20 Å². The zero-order chi connectivity index (χ0) is 17.3. The molecule has 0 unspecified atom stereocenters. The van der Waals surface area contributed by atoms with Crippen molar-refractivity contribution in [3.63, 3.8) is 0 Å². The highest BCUT2D eigenvalue weighted by Crippen LogP contribution is 2.27. The van der Waals surface area contributed by atoms with Gasteiger partial charge < -0.3 is 21.3 Å². The van der Waals surface area contributed by atoms with Gasteiger partial charge >= 0.3 is 6.18 Å². The molecule has 128 valence electrons. The van der Waals surface area contributed by atoms with Gasteiger partial charge in [-0.25, -0.2) is 15.0 Å². The van der Waals surface area contributed by atoms with Crippen LogP contribution < -0.4 is 21.3 Å². The number of rotatable bonds is 2. The van der Waals surface area contributed by atoms with Crippen LogP contribution in [0.25, 0.3) is 0 Å². The standard InChI is InChI=1S/C13H15F3N8/c14-13(15,16)11-19-5-8(6-20-11)23-1-3-24(4-2-23)9-7-21-12(18)22-10(9)17/h5-7H,1-4H2,(H4,17,18,21,22). The SMILES string of the molecule is Nc1ncc(N2CCN(c3cnc(C(F)(F)F)nc3)CC2)c(N)n1. The lowest BCUT2D eigenvalue weighted by molar-refractivity contribution is -0.144. The molecule has 0 aromatic carbocycles. The van der Waals surface area contributed by atoms with Crippen molar-refractivity contribution >= 4 is 23.1 Å². The van der Waals surface area contributed by atoms with Crippen molar-refractivity contribution in [2.45, 2.75) is 6.18 Å². The van der Waals surface area contributed by atoms with Crippen molar-refractivity contribution in [1.29, 1.82) is 0 Å². The van der Waals surface area contributed by atoms with Gasteiger partial charge in [-0.2, -0.15) is 18.2 Å². The number of nitrogens with zero attached hydrogens (tertiary/aromatic N) is 6. The average molecular weight is 340 g/mol. The third-order valence-electron chi connectivity index (χ3n) is 3.69. The molecule has 0 spiro atoms. The smallest absolute Gasteiger partial charge is 0.382 e. The Balaban J connectivity index is 1.66. The fraction of sp³-hybridized carbons (Fsp3) is 0.385. The van der Waals surface area contributed by atoms with Gasteiger partial charge in [0.15, 0.2) is 5.82 Å². The molecule has 0 bridgehead atoms. The van der Waals surface area contributed by atoms with Gasteiger partial charge in [-0.1, -0.05) is 0 Å². The lowest BCUT2D eigenvalue weighted by Gasteiger charge is -2.37. The molecule has 0 saturated carbocycles. The van der Waals surface area contributed by atoms with E-state index >= 15 is 0 Å². The highest BCUT2D eigenvalue weighted by atomic mass is 19.4. The third kappa shape index (κ3) is 3.24. The summed E-state index contributed by atoms with van der Waals surface area (Å²) in [5, 5.41) is 0. The molecule has 0 amide bonds. The molecule has 24 heavy (non-hydrogen) atoms. The van der Waals surface area contributed by atoms with E-state index in [4.69, 9.17) is 11.5 Å². The predicted molar refractivity (Wildman–Crippen MR) is 82.3 cm³/mol. The van der Waals surface area contributed by atoms with Crippen LogP contribution in [0.4, 0.5) is 36.3 Å². The van der Waals surface area contributed by atoms with Gasteiger partial charge in [0.1, 0.15) is 0 Å². The van der Waals surface area contributed by atoms with Gasteiger partial charge in [-0.3, -0.25) is 0 Å². The summed E-state index contributed by atoms with van der Waals surface area (Å²) < 4.78 is 37.5. The molecule has 2 aromatic heterocycles. The number of nitrogens with two attached hydrogens (primary N) is 2. The maximum Gasteiger partial charge on any atom is 0.451 e. The number of hydrogen-bond donors (Lipinski definition) is 2. The van der Waals surface area contributed by atoms with Gasteiger partial charge in [-0.05, 0) is 0 Å². The summed E-state index contributed by atoms with van der Waals surface area (Å²) in [6.45, 7) is 2.38. The van der Waals surface area contributed by atoms with Crippen molar-refractivity contribution in [3.05, 3.63) is 24.4 Å². The second kappa shape index (κ2) is 5.98. The fourth-order valence-corrected chi connectivity index (χ4v) is 2.48. The largest absolute Gasteiger partial charge is 0.451 e. The van der Waals surface area contributed by atoms with E-state index in [0.29, 0.717) is 43.4 Å². The zero-order valence-electron chi connectivity index (χ0n) is 12.5. The summed E-state index contributed by atoms with van der Waals surface area (Å²) in [6, 6.07) is 0. The summed E-state index contributed by atoms with van der Waals surface area (Å²) in [4.78, 5) is 18.5. The molecular formula is C13H15F3N8. The minimum Gasteiger partial charge on any atom is -0.382 e. The van der Waals surface area contributed by atoms with Crippen molar-refractivity contribution in [2.75, 3.05) is 47.4 Å². The molecule has 11 heteroatoms. The maximum atomic E-state index is 12.5. The molecular weight excluding hydrogens is 325 g/mol. The highest BCUT2D eigenvalue weighted by molar-refractivity contribution is 5.64. The van der Waals surface area contributed by atoms with E-state index < -0.39 is 12.0 Å². The number of hydrogen-bond acceptors (Lipinski definition) is 8. The number of alkyl halides is 3. The van der Waals surface area contributed by atoms with Crippen LogP contribution in [0.3, 0.4) is 0 Å². The molecule has 8 nitrogen and oxygen atoms in total. The minimum atomic E-state index is -4.54. The Labute approximate surface area is 135 Å². The van der Waals surface area contributed by atoms with E-state index in [9.17, 15) is 13.2 Å². The normalized spacial score (nSPS) is 15.6. The lowest BCUT2D eigenvalue weighted by Crippen LogP contribution is -2.47. The summed E-state index contributed by atoms with van der Waals surface area (Å²) in [5.74, 6) is -0.734. The Morgan fingerprint density at radius 2 is 1.46 bits per heavy atom. The van der Waals surface area contributed by atoms with Crippen LogP contribution in [0.15, 0.2) is 18.6 Å². The number of anilines is 4. The Kier molecular flexibility index (Phi) is 3.99. The molecule has 0 atom stereocenters. The first-order valence-corrected chi connectivity index (χ1v) is 7.12. The number of halogens is 3. The second-order valence-electron chi connectivity index (χ2n) is 5.24. The first kappa shape index (κ1) is 16.0. The third-order valence-corrected chi connectivity index (χ3v) is 3.69. The first-order valence-electron chi connectivity index (χ1n) is 7.12. The van der Waals surface area contributed by atoms with E-state index in [2.05, 4.69) is 19.9 Å². The van der Waals surface area contributed by atoms with Gasteiger partial charge in [0, 0.05) is 26.2 Å². The molecule has 3 heterocycles. The number of piperazine rings is 1. The Morgan fingerprint density at radius 1 is 0.875 bits per heavy atom. The summed E-state index contributed by atoms with van der Waals surface area (Å²) in [5.41, 5.74) is 12.6. The molecule has 1 aliphatic rings. The zero-order valence-corrected chi connectivity index (χ0v) is 12.5. The fourth-order valence-electron chi connectivity index (χ4n) is 2.48. The number of nitrogen functional groups attached to an aromatic ring is 2. The molecule has 1 aliphatic heterocycles. The van der Waals surface area contributed by atoms with E-state index in [1.165, 1.54) is 12.4 Å². The van der Waals surface area contributed by atoms with Crippen molar-refractivity contribution in [3.8, 4) is 0 Å². The average Bonchev–Trinajstić information content (AvgIpc) is 2.54. The van der Waals surface area contributed by atoms with Crippen LogP contribution in [-0.4, -0.2) is 46.1 Å². The number of aromatic nitrogens is 4. The molecule has 1 saturated heterocycles. The summed E-state index contributed by atoms with van der Waals surface area (Å²) >= 11 is 0. The van der Waals surface area contributed by atoms with Crippen LogP contribution in [0.5, 0.6) is 0 Å². The van der Waals surface area contributed by atoms with Crippen LogP contribution >= 0.6 is 0 Å². The van der Waals surface area contributed by atoms with Crippen LogP contribution in [-0.2, 0) is 6.18 Å².